The third-order valence-corrected chi connectivity index (χ3v) is 16.5. The molecule has 0 spiro atoms. The highest BCUT2D eigenvalue weighted by atomic mass is 16.5. The summed E-state index contributed by atoms with van der Waals surface area (Å²) in [4.78, 5) is 59.3. The molecule has 2 aliphatic heterocycles. The number of rotatable bonds is 8. The average molecular weight is 933 g/mol. The van der Waals surface area contributed by atoms with E-state index >= 15 is 0 Å². The van der Waals surface area contributed by atoms with Gasteiger partial charge in [0.15, 0.2) is 5.78 Å². The zero-order chi connectivity index (χ0) is 48.9. The summed E-state index contributed by atoms with van der Waals surface area (Å²) >= 11 is 0. The summed E-state index contributed by atoms with van der Waals surface area (Å²) in [5.74, 6) is -4.34. The van der Waals surface area contributed by atoms with E-state index < -0.39 is 77.3 Å². The van der Waals surface area contributed by atoms with Crippen LogP contribution in [0, 0.1) is 41.4 Å². The number of ketones is 3. The van der Waals surface area contributed by atoms with Crippen LogP contribution in [0.1, 0.15) is 119 Å². The summed E-state index contributed by atoms with van der Waals surface area (Å²) in [7, 11) is 6.86. The molecule has 4 aliphatic rings. The van der Waals surface area contributed by atoms with Crippen molar-refractivity contribution in [1.82, 2.24) is 9.47 Å². The van der Waals surface area contributed by atoms with Gasteiger partial charge in [0.25, 0.3) is 11.7 Å². The largest absolute Gasteiger partial charge is 0.488 e. The van der Waals surface area contributed by atoms with E-state index in [1.807, 2.05) is 53.1 Å². The lowest BCUT2D eigenvalue weighted by Crippen LogP contribution is -2.61. The van der Waals surface area contributed by atoms with Crippen LogP contribution in [0.15, 0.2) is 53.8 Å². The van der Waals surface area contributed by atoms with Gasteiger partial charge in [-0.3, -0.25) is 19.2 Å². The Labute approximate surface area is 398 Å². The third kappa shape index (κ3) is 11.7. The highest BCUT2D eigenvalue weighted by Gasteiger charge is 2.55. The van der Waals surface area contributed by atoms with Crippen molar-refractivity contribution in [3.8, 4) is 5.75 Å². The predicted octanol–water partition coefficient (Wildman–Crippen LogP) is 7.35. The number of piperidine rings is 1. The van der Waals surface area contributed by atoms with Crippen molar-refractivity contribution in [2.45, 2.75) is 167 Å². The lowest BCUT2D eigenvalue weighted by atomic mass is 9.65. The first-order chi connectivity index (χ1) is 31.8. The Morgan fingerprint density at radius 2 is 1.57 bits per heavy atom. The van der Waals surface area contributed by atoms with Gasteiger partial charge in [-0.25, -0.2) is 0 Å². The molecule has 13 nitrogen and oxygen atoms in total. The van der Waals surface area contributed by atoms with E-state index in [1.54, 1.807) is 35.2 Å². The molecule has 372 valence electrons. The molecule has 2 aromatic rings. The Bertz CT molecular complexity index is 2110. The second-order valence-electron chi connectivity index (χ2n) is 20.8. The van der Waals surface area contributed by atoms with E-state index in [2.05, 4.69) is 28.8 Å². The molecule has 3 N–H and O–H groups in total. The molecule has 1 saturated heterocycles. The monoisotopic (exact) mass is 933 g/mol. The van der Waals surface area contributed by atoms with E-state index in [0.29, 0.717) is 50.5 Å². The fourth-order valence-corrected chi connectivity index (χ4v) is 12.0. The summed E-state index contributed by atoms with van der Waals surface area (Å²) < 4.78 is 26.6. The van der Waals surface area contributed by atoms with Gasteiger partial charge in [0.05, 0.1) is 36.6 Å². The Hall–Kier alpha value is -3.72. The summed E-state index contributed by atoms with van der Waals surface area (Å²) in [6, 6.07) is 7.28. The highest BCUT2D eigenvalue weighted by Crippen LogP contribution is 2.44. The van der Waals surface area contributed by atoms with E-state index in [1.165, 1.54) is 4.90 Å². The number of allylic oxidation sites excluding steroid dienone is 3. The van der Waals surface area contributed by atoms with Crippen molar-refractivity contribution in [3.63, 3.8) is 0 Å². The maximum atomic E-state index is 14.8. The Kier molecular flexibility index (Phi) is 17.9. The molecule has 3 fully saturated rings. The number of aryl methyl sites for hydroxylation is 1. The van der Waals surface area contributed by atoms with E-state index in [9.17, 15) is 34.5 Å². The number of nitrogens with zero attached hydrogens (tertiary/aromatic N) is 2. The number of methoxy groups -OCH3 is 3. The van der Waals surface area contributed by atoms with E-state index in [0.717, 1.165) is 35.1 Å². The molecule has 1 amide bonds. The van der Waals surface area contributed by atoms with Gasteiger partial charge >= 0.3 is 0 Å². The average Bonchev–Trinajstić information content (AvgIpc) is 3.70. The number of aliphatic hydroxyl groups excluding tert-OH is 2. The van der Waals surface area contributed by atoms with Crippen molar-refractivity contribution in [3.05, 3.63) is 53.8 Å². The van der Waals surface area contributed by atoms with Gasteiger partial charge in [-0.1, -0.05) is 45.4 Å². The normalized spacial score (nSPS) is 38.0. The lowest BCUT2D eigenvalue weighted by Gasteiger charge is -2.47. The lowest BCUT2D eigenvalue weighted by molar-refractivity contribution is -0.176. The molecular weight excluding hydrogens is 853 g/mol. The summed E-state index contributed by atoms with van der Waals surface area (Å²) in [6.45, 7) is 11.4. The molecule has 0 radical (unpaired) electrons. The molecular formula is C54H80N2O11. The van der Waals surface area contributed by atoms with E-state index in [4.69, 9.17) is 18.9 Å². The van der Waals surface area contributed by atoms with Crippen molar-refractivity contribution in [2.75, 3.05) is 27.9 Å². The summed E-state index contributed by atoms with van der Waals surface area (Å²) in [6.07, 6.45) is 7.50. The zero-order valence-electron chi connectivity index (χ0n) is 41.8. The molecule has 2 bridgehead atoms. The zero-order valence-corrected chi connectivity index (χ0v) is 41.8. The Morgan fingerprint density at radius 3 is 2.25 bits per heavy atom. The molecule has 15 atom stereocenters. The smallest absolute Gasteiger partial charge is 0.293 e. The van der Waals surface area contributed by atoms with Gasteiger partial charge in [0.1, 0.15) is 23.2 Å². The Balaban J connectivity index is 1.31. The van der Waals surface area contributed by atoms with Crippen molar-refractivity contribution < 1.29 is 53.4 Å². The van der Waals surface area contributed by atoms with Crippen LogP contribution in [0.4, 0.5) is 0 Å². The van der Waals surface area contributed by atoms with Gasteiger partial charge in [0.2, 0.25) is 0 Å². The van der Waals surface area contributed by atoms with Crippen LogP contribution in [0.25, 0.3) is 10.9 Å². The number of amides is 1. The molecule has 2 aliphatic carbocycles. The van der Waals surface area contributed by atoms with Crippen LogP contribution in [-0.2, 0) is 40.4 Å². The van der Waals surface area contributed by atoms with Gasteiger partial charge in [-0.2, -0.15) is 0 Å². The maximum Gasteiger partial charge on any atom is 0.293 e. The first-order valence-electron chi connectivity index (χ1n) is 25.0. The van der Waals surface area contributed by atoms with Crippen molar-refractivity contribution in [2.24, 2.45) is 48.5 Å². The maximum absolute atomic E-state index is 14.8. The molecule has 67 heavy (non-hydrogen) atoms. The van der Waals surface area contributed by atoms with Crippen LogP contribution in [0.3, 0.4) is 0 Å². The molecule has 2 saturated carbocycles. The third-order valence-electron chi connectivity index (χ3n) is 16.5. The second kappa shape index (κ2) is 22.8. The highest BCUT2D eigenvalue weighted by molar-refractivity contribution is 6.39. The molecule has 1 aromatic heterocycles. The first kappa shape index (κ1) is 52.6. The fourth-order valence-electron chi connectivity index (χ4n) is 12.0. The predicted molar refractivity (Wildman–Crippen MR) is 257 cm³/mol. The van der Waals surface area contributed by atoms with Crippen LogP contribution in [0.2, 0.25) is 0 Å². The van der Waals surface area contributed by atoms with Crippen molar-refractivity contribution >= 4 is 34.2 Å². The number of benzene rings is 1. The quantitative estimate of drug-likeness (QED) is 0.179. The number of hydrogen-bond donors (Lipinski definition) is 3. The van der Waals surface area contributed by atoms with Gasteiger partial charge < -0.3 is 43.7 Å². The number of aromatic nitrogens is 1. The number of ether oxygens (including phenoxy) is 4. The number of carbonyl (C=O) groups excluding carboxylic acids is 4. The molecule has 13 heteroatoms. The molecule has 6 rings (SSSR count). The van der Waals surface area contributed by atoms with Gasteiger partial charge in [0, 0.05) is 76.7 Å². The van der Waals surface area contributed by atoms with Crippen LogP contribution >= 0.6 is 0 Å². The number of fused-ring (bicyclic) bond motifs is 4. The minimum atomic E-state index is -2.04. The number of aliphatic hydroxyl groups is 3. The fraction of sp³-hybridized carbons (Fsp3) is 0.704. The summed E-state index contributed by atoms with van der Waals surface area (Å²) in [5, 5.41) is 37.1. The van der Waals surface area contributed by atoms with Crippen molar-refractivity contribution in [1.29, 1.82) is 0 Å². The van der Waals surface area contributed by atoms with Crippen LogP contribution in [-0.4, -0.2) is 124 Å². The topological polar surface area (TPSA) is 174 Å². The van der Waals surface area contributed by atoms with Crippen LogP contribution < -0.4 is 4.74 Å². The number of hydrogen-bond acceptors (Lipinski definition) is 11. The minimum absolute atomic E-state index is 0.0143. The van der Waals surface area contributed by atoms with Crippen LogP contribution in [0.5, 0.6) is 5.75 Å². The first-order valence-corrected chi connectivity index (χ1v) is 25.0. The number of Topliss-reactive ketones (excluding diaryl/α,β-unsaturated/α-hetero) is 3. The molecule has 3 heterocycles. The SMILES string of the molecule is CCC1/C=C(\C)C(O)C(C)CC(OC)C2CC(O)(C(=O)C(=O)N3CCCCC3C(=O)CC(C(C)=CC3CCC(Oc4ccc5c(ccn5C)c4)C(OC)C3)C(C)C(O)CC1=O)C(C)CC2OC. The summed E-state index contributed by atoms with van der Waals surface area (Å²) in [5.41, 5.74) is 0.614. The molecule has 15 unspecified atom stereocenters. The standard InChI is InChI=1S/C54H80N2O11/c1-11-37-23-32(3)51(60)33(4)24-48(64-8)41-30-54(63,34(5)25-49(41)65-9)52(61)53(62)56-20-13-12-14-43(56)46(59)28-40(35(6)44(57)29-45(37)58)31(2)22-36-15-18-47(50(26-36)66-10)67-39-16-17-42-38(27-39)19-21-55(42)7/h16-17,19,21-23,27,33-37,40-41,43-44,47-51,57,60,63H,11-15,18,20,24-26,28-30H2,1-10H3/b31-22?,32-23+. The Morgan fingerprint density at radius 1 is 0.866 bits per heavy atom. The van der Waals surface area contributed by atoms with Gasteiger partial charge in [-0.15, -0.1) is 0 Å². The number of carbonyl (C=O) groups is 4. The van der Waals surface area contributed by atoms with E-state index in [-0.39, 0.29) is 61.4 Å². The van der Waals surface area contributed by atoms with Gasteiger partial charge in [-0.05, 0) is 137 Å². The minimum Gasteiger partial charge on any atom is -0.488 e. The molecule has 1 aromatic carbocycles. The second-order valence-corrected chi connectivity index (χ2v) is 20.8.